The topological polar surface area (TPSA) is 58.6 Å². The molecule has 2 aromatic heterocycles. The average Bonchev–Trinajstić information content (AvgIpc) is 2.20. The minimum absolute atomic E-state index is 0.280. The van der Waals surface area contributed by atoms with Crippen molar-refractivity contribution in [1.82, 2.24) is 15.0 Å². The molecule has 0 saturated heterocycles. The lowest BCUT2D eigenvalue weighted by molar-refractivity contribution is 1.17. The maximum Gasteiger partial charge on any atom is 0.268 e. The van der Waals surface area contributed by atoms with E-state index in [-0.39, 0.29) is 5.56 Å². The molecule has 4 nitrogen and oxygen atoms in total. The molecule has 0 amide bonds. The van der Waals surface area contributed by atoms with Gasteiger partial charge in [-0.3, -0.25) is 4.79 Å². The second-order valence-electron chi connectivity index (χ2n) is 2.25. The van der Waals surface area contributed by atoms with Crippen molar-refractivity contribution >= 4 is 22.8 Å². The monoisotopic (exact) mass is 211 g/mol. The molecule has 0 fully saturated rings. The first-order chi connectivity index (χ1) is 6.75. The molecule has 5 heteroatoms. The van der Waals surface area contributed by atoms with Crippen LogP contribution in [-0.4, -0.2) is 15.0 Å². The van der Waals surface area contributed by atoms with E-state index in [1.54, 1.807) is 12.1 Å². The second-order valence-corrected chi connectivity index (χ2v) is 2.64. The molecular weight excluding hydrogens is 202 g/mol. The van der Waals surface area contributed by atoms with Gasteiger partial charge in [-0.05, 0) is 12.1 Å². The van der Waals surface area contributed by atoms with Gasteiger partial charge in [0, 0.05) is 0 Å². The third-order valence-corrected chi connectivity index (χ3v) is 1.61. The summed E-state index contributed by atoms with van der Waals surface area (Å²) in [6.45, 7) is 4.00. The van der Waals surface area contributed by atoms with Crippen LogP contribution in [-0.2, 0) is 0 Å². The van der Waals surface area contributed by atoms with Crippen molar-refractivity contribution in [3.8, 4) is 0 Å². The van der Waals surface area contributed by atoms with E-state index in [0.29, 0.717) is 16.3 Å². The van der Waals surface area contributed by atoms with E-state index < -0.39 is 0 Å². The lowest BCUT2D eigenvalue weighted by Gasteiger charge is -1.93. The Balaban J connectivity index is 0.000000461. The number of halogens is 1. The highest BCUT2D eigenvalue weighted by Gasteiger charge is 1.96. The number of hydrogen-bond donors (Lipinski definition) is 1. The third-order valence-electron chi connectivity index (χ3n) is 1.40. The molecule has 0 aromatic carbocycles. The Labute approximate surface area is 86.0 Å². The van der Waals surface area contributed by atoms with E-state index in [9.17, 15) is 4.79 Å². The summed E-state index contributed by atoms with van der Waals surface area (Å²) in [6, 6.07) is 3.32. The Morgan fingerprint density at radius 2 is 2.07 bits per heavy atom. The third kappa shape index (κ3) is 2.29. The quantitative estimate of drug-likeness (QED) is 0.678. The van der Waals surface area contributed by atoms with Gasteiger partial charge in [-0.25, -0.2) is 9.97 Å². The summed E-state index contributed by atoms with van der Waals surface area (Å²) >= 11 is 5.61. The molecule has 0 unspecified atom stereocenters. The summed E-state index contributed by atoms with van der Waals surface area (Å²) in [5.74, 6) is 0. The molecular formula is C9H10ClN3O. The van der Waals surface area contributed by atoms with Gasteiger partial charge in [-0.1, -0.05) is 25.4 Å². The smallest absolute Gasteiger partial charge is 0.268 e. The van der Waals surface area contributed by atoms with E-state index >= 15 is 0 Å². The molecule has 0 radical (unpaired) electrons. The highest BCUT2D eigenvalue weighted by molar-refractivity contribution is 6.29. The first kappa shape index (κ1) is 10.7. The fourth-order valence-corrected chi connectivity index (χ4v) is 1.05. The molecule has 14 heavy (non-hydrogen) atoms. The standard InChI is InChI=1S/C7H4ClN3O.C2H6/c8-5-2-1-4-7(10-5)11-6(12)3-9-4;1-2/h1-3H,(H,10,11,12);1-2H3. The van der Waals surface area contributed by atoms with Crippen LogP contribution in [0.15, 0.2) is 23.1 Å². The maximum absolute atomic E-state index is 10.8. The molecule has 0 saturated carbocycles. The van der Waals surface area contributed by atoms with Gasteiger partial charge in [0.2, 0.25) is 0 Å². The van der Waals surface area contributed by atoms with Crippen LogP contribution in [0.5, 0.6) is 0 Å². The van der Waals surface area contributed by atoms with Crippen molar-refractivity contribution in [2.24, 2.45) is 0 Å². The van der Waals surface area contributed by atoms with Crippen molar-refractivity contribution in [2.75, 3.05) is 0 Å². The number of aromatic amines is 1. The summed E-state index contributed by atoms with van der Waals surface area (Å²) in [4.78, 5) is 21.1. The summed E-state index contributed by atoms with van der Waals surface area (Å²) < 4.78 is 0. The minimum Gasteiger partial charge on any atom is -0.304 e. The van der Waals surface area contributed by atoms with Crippen LogP contribution in [0, 0.1) is 0 Å². The van der Waals surface area contributed by atoms with E-state index in [4.69, 9.17) is 11.6 Å². The van der Waals surface area contributed by atoms with Gasteiger partial charge in [0.1, 0.15) is 10.7 Å². The van der Waals surface area contributed by atoms with Crippen molar-refractivity contribution < 1.29 is 0 Å². The number of rotatable bonds is 0. The SMILES string of the molecule is CC.O=c1cnc2ccc(Cl)nc2[nH]1. The zero-order chi connectivity index (χ0) is 10.6. The van der Waals surface area contributed by atoms with Crippen LogP contribution in [0.2, 0.25) is 5.15 Å². The van der Waals surface area contributed by atoms with Crippen LogP contribution in [0.3, 0.4) is 0 Å². The lowest BCUT2D eigenvalue weighted by Crippen LogP contribution is -2.05. The first-order valence-electron chi connectivity index (χ1n) is 4.27. The molecule has 74 valence electrons. The van der Waals surface area contributed by atoms with Crippen LogP contribution >= 0.6 is 11.6 Å². The van der Waals surface area contributed by atoms with Crippen molar-refractivity contribution in [3.63, 3.8) is 0 Å². The van der Waals surface area contributed by atoms with E-state index in [1.165, 1.54) is 6.20 Å². The number of hydrogen-bond acceptors (Lipinski definition) is 3. The van der Waals surface area contributed by atoms with Gasteiger partial charge < -0.3 is 4.98 Å². The molecule has 2 rings (SSSR count). The van der Waals surface area contributed by atoms with Crippen LogP contribution < -0.4 is 5.56 Å². The lowest BCUT2D eigenvalue weighted by atomic mass is 10.4. The Bertz CT molecular complexity index is 481. The number of H-pyrrole nitrogens is 1. The van der Waals surface area contributed by atoms with Crippen LogP contribution in [0.1, 0.15) is 13.8 Å². The molecule has 0 aliphatic carbocycles. The number of nitrogens with zero attached hydrogens (tertiary/aromatic N) is 2. The van der Waals surface area contributed by atoms with Gasteiger partial charge in [-0.2, -0.15) is 0 Å². The number of fused-ring (bicyclic) bond motifs is 1. The normalized spacial score (nSPS) is 9.36. The van der Waals surface area contributed by atoms with Gasteiger partial charge in [-0.15, -0.1) is 0 Å². The fourth-order valence-electron chi connectivity index (χ4n) is 0.901. The average molecular weight is 212 g/mol. The second kappa shape index (κ2) is 4.72. The molecule has 2 aromatic rings. The molecule has 0 spiro atoms. The van der Waals surface area contributed by atoms with Crippen molar-refractivity contribution in [3.05, 3.63) is 33.8 Å². The highest BCUT2D eigenvalue weighted by Crippen LogP contribution is 2.08. The maximum atomic E-state index is 10.8. The van der Waals surface area contributed by atoms with Crippen LogP contribution in [0.4, 0.5) is 0 Å². The predicted octanol–water partition coefficient (Wildman–Crippen LogP) is 2.00. The summed E-state index contributed by atoms with van der Waals surface area (Å²) in [5.41, 5.74) is 0.756. The summed E-state index contributed by atoms with van der Waals surface area (Å²) in [5, 5.41) is 0.339. The fraction of sp³-hybridized carbons (Fsp3) is 0.222. The molecule has 1 N–H and O–H groups in total. The number of aromatic nitrogens is 3. The van der Waals surface area contributed by atoms with Crippen molar-refractivity contribution in [1.29, 1.82) is 0 Å². The Kier molecular flexibility index (Phi) is 3.59. The van der Waals surface area contributed by atoms with E-state index in [2.05, 4.69) is 15.0 Å². The number of pyridine rings is 1. The summed E-state index contributed by atoms with van der Waals surface area (Å²) in [6.07, 6.45) is 1.21. The molecule has 0 bridgehead atoms. The minimum atomic E-state index is -0.280. The largest absolute Gasteiger partial charge is 0.304 e. The predicted molar refractivity (Wildman–Crippen MR) is 56.5 cm³/mol. The van der Waals surface area contributed by atoms with E-state index in [1.807, 2.05) is 13.8 Å². The van der Waals surface area contributed by atoms with Gasteiger partial charge in [0.25, 0.3) is 5.56 Å². The molecule has 2 heterocycles. The van der Waals surface area contributed by atoms with Crippen molar-refractivity contribution in [2.45, 2.75) is 13.8 Å². The Hall–Kier alpha value is -1.42. The number of nitrogens with one attached hydrogen (secondary N) is 1. The Morgan fingerprint density at radius 3 is 2.79 bits per heavy atom. The Morgan fingerprint density at radius 1 is 1.36 bits per heavy atom. The van der Waals surface area contributed by atoms with Gasteiger partial charge >= 0.3 is 0 Å². The summed E-state index contributed by atoms with van der Waals surface area (Å²) in [7, 11) is 0. The van der Waals surface area contributed by atoms with Crippen LogP contribution in [0.25, 0.3) is 11.2 Å². The zero-order valence-corrected chi connectivity index (χ0v) is 8.67. The zero-order valence-electron chi connectivity index (χ0n) is 7.91. The molecule has 0 aliphatic rings. The highest BCUT2D eigenvalue weighted by atomic mass is 35.5. The van der Waals surface area contributed by atoms with E-state index in [0.717, 1.165) is 0 Å². The molecule has 0 aliphatic heterocycles. The van der Waals surface area contributed by atoms with Gasteiger partial charge in [0.05, 0.1) is 6.20 Å². The molecule has 0 atom stereocenters. The van der Waals surface area contributed by atoms with Gasteiger partial charge in [0.15, 0.2) is 5.65 Å². The first-order valence-corrected chi connectivity index (χ1v) is 4.65.